The van der Waals surface area contributed by atoms with Crippen molar-refractivity contribution in [1.82, 2.24) is 0 Å². The van der Waals surface area contributed by atoms with Gasteiger partial charge in [0.25, 0.3) is 0 Å². The largest absolute Gasteiger partial charge is 0.255 e. The Morgan fingerprint density at radius 3 is 2.21 bits per heavy atom. The molecule has 0 aliphatic carbocycles. The molecular formula is C12H23NS. The highest BCUT2D eigenvalue weighted by Crippen LogP contribution is 2.18. The summed E-state index contributed by atoms with van der Waals surface area (Å²) in [6.07, 6.45) is 5.98. The summed E-state index contributed by atoms with van der Waals surface area (Å²) in [5.41, 5.74) is 1.17. The van der Waals surface area contributed by atoms with Crippen molar-refractivity contribution in [1.29, 1.82) is 0 Å². The van der Waals surface area contributed by atoms with E-state index in [2.05, 4.69) is 24.6 Å². The van der Waals surface area contributed by atoms with E-state index in [0.29, 0.717) is 5.92 Å². The normalized spacial score (nSPS) is 13.4. The Morgan fingerprint density at radius 2 is 1.93 bits per heavy atom. The van der Waals surface area contributed by atoms with Gasteiger partial charge in [-0.05, 0) is 32.1 Å². The zero-order valence-electron chi connectivity index (χ0n) is 10.3. The molecule has 0 aliphatic rings. The molecule has 1 unspecified atom stereocenters. The number of nitrogens with zero attached hydrogens (tertiary/aromatic N) is 1. The Bertz CT molecular complexity index is 204. The molecule has 0 aromatic carbocycles. The lowest BCUT2D eigenvalue weighted by Gasteiger charge is -2.05. The first-order valence-electron chi connectivity index (χ1n) is 5.01. The smallest absolute Gasteiger partial charge is 0.0919 e. The Labute approximate surface area is 93.4 Å². The lowest BCUT2D eigenvalue weighted by molar-refractivity contribution is 0.863. The third kappa shape index (κ3) is 8.11. The maximum Gasteiger partial charge on any atom is 0.0919 e. The fraction of sp³-hybridized carbons (Fsp3) is 0.583. The summed E-state index contributed by atoms with van der Waals surface area (Å²) in [6.45, 7) is 14.0. The van der Waals surface area contributed by atoms with E-state index < -0.39 is 0 Å². The van der Waals surface area contributed by atoms with Crippen molar-refractivity contribution < 1.29 is 0 Å². The van der Waals surface area contributed by atoms with Gasteiger partial charge in [-0.3, -0.25) is 4.99 Å². The van der Waals surface area contributed by atoms with E-state index in [1.54, 1.807) is 11.8 Å². The van der Waals surface area contributed by atoms with Crippen molar-refractivity contribution in [2.75, 3.05) is 6.26 Å². The molecule has 82 valence electrons. The summed E-state index contributed by atoms with van der Waals surface area (Å²) in [5, 5.41) is 1.06. The molecule has 0 aromatic rings. The Kier molecular flexibility index (Phi) is 12.1. The van der Waals surface area contributed by atoms with Gasteiger partial charge in [-0.2, -0.15) is 0 Å². The second-order valence-electron chi connectivity index (χ2n) is 2.73. The Morgan fingerprint density at radius 1 is 1.43 bits per heavy atom. The first kappa shape index (κ1) is 15.9. The zero-order chi connectivity index (χ0) is 11.6. The van der Waals surface area contributed by atoms with E-state index in [-0.39, 0.29) is 0 Å². The molecule has 0 heterocycles. The fourth-order valence-corrected chi connectivity index (χ4v) is 1.20. The number of allylic oxidation sites excluding steroid dienone is 2. The molecular weight excluding hydrogens is 190 g/mol. The summed E-state index contributed by atoms with van der Waals surface area (Å²) in [7, 11) is 0. The van der Waals surface area contributed by atoms with Crippen LogP contribution in [-0.2, 0) is 0 Å². The summed E-state index contributed by atoms with van der Waals surface area (Å²) in [6, 6.07) is 0. The fourth-order valence-electron chi connectivity index (χ4n) is 0.647. The molecule has 0 radical (unpaired) electrons. The quantitative estimate of drug-likeness (QED) is 0.494. The van der Waals surface area contributed by atoms with Crippen LogP contribution in [0, 0.1) is 5.92 Å². The van der Waals surface area contributed by atoms with Crippen LogP contribution in [0.4, 0.5) is 0 Å². The minimum absolute atomic E-state index is 0.413. The number of rotatable bonds is 4. The first-order chi connectivity index (χ1) is 6.61. The SMILES string of the molecule is C=C(C)C(C)/C=C(\N=C/C)SC.CC. The molecule has 0 rings (SSSR count). The minimum Gasteiger partial charge on any atom is -0.255 e. The molecule has 1 nitrogen and oxygen atoms in total. The van der Waals surface area contributed by atoms with Crippen LogP contribution in [-0.4, -0.2) is 12.5 Å². The lowest BCUT2D eigenvalue weighted by atomic mass is 10.1. The molecule has 0 saturated heterocycles. The second kappa shape index (κ2) is 10.6. The summed E-state index contributed by atoms with van der Waals surface area (Å²) < 4.78 is 0. The van der Waals surface area contributed by atoms with Crippen LogP contribution < -0.4 is 0 Å². The first-order valence-corrected chi connectivity index (χ1v) is 6.24. The molecule has 0 saturated carbocycles. The highest BCUT2D eigenvalue weighted by Gasteiger charge is 1.99. The second-order valence-corrected chi connectivity index (χ2v) is 3.56. The summed E-state index contributed by atoms with van der Waals surface area (Å²) in [5.74, 6) is 0.413. The van der Waals surface area contributed by atoms with Gasteiger partial charge in [0.15, 0.2) is 0 Å². The van der Waals surface area contributed by atoms with Gasteiger partial charge in [-0.25, -0.2) is 0 Å². The van der Waals surface area contributed by atoms with Gasteiger partial charge >= 0.3 is 0 Å². The molecule has 2 heteroatoms. The predicted octanol–water partition coefficient (Wildman–Crippen LogP) is 4.52. The molecule has 0 fully saturated rings. The van der Waals surface area contributed by atoms with E-state index in [4.69, 9.17) is 0 Å². The molecule has 14 heavy (non-hydrogen) atoms. The van der Waals surface area contributed by atoms with Crippen molar-refractivity contribution in [2.45, 2.75) is 34.6 Å². The van der Waals surface area contributed by atoms with Crippen molar-refractivity contribution >= 4 is 18.0 Å². The molecule has 0 spiro atoms. The van der Waals surface area contributed by atoms with Gasteiger partial charge in [0.05, 0.1) is 5.03 Å². The maximum atomic E-state index is 4.22. The standard InChI is InChI=1S/C10H17NS.C2H6/c1-6-11-10(12-5)7-9(4)8(2)3;1-2/h6-7,9H,2H2,1,3-5H3;1-2H3/b10-7+,11-6-;. The van der Waals surface area contributed by atoms with E-state index in [1.165, 1.54) is 5.57 Å². The minimum atomic E-state index is 0.413. The van der Waals surface area contributed by atoms with Crippen LogP contribution >= 0.6 is 11.8 Å². The van der Waals surface area contributed by atoms with Gasteiger partial charge in [0.2, 0.25) is 0 Å². The summed E-state index contributed by atoms with van der Waals surface area (Å²) >= 11 is 1.66. The monoisotopic (exact) mass is 213 g/mol. The maximum absolute atomic E-state index is 4.22. The molecule has 0 aliphatic heterocycles. The Hall–Kier alpha value is -0.500. The van der Waals surface area contributed by atoms with Crippen LogP contribution in [0.5, 0.6) is 0 Å². The number of hydrogen-bond donors (Lipinski definition) is 0. The average molecular weight is 213 g/mol. The van der Waals surface area contributed by atoms with Gasteiger partial charge in [-0.1, -0.05) is 32.9 Å². The average Bonchev–Trinajstić information content (AvgIpc) is 2.19. The van der Waals surface area contributed by atoms with Gasteiger partial charge < -0.3 is 0 Å². The molecule has 0 N–H and O–H groups in total. The third-order valence-electron chi connectivity index (χ3n) is 1.64. The third-order valence-corrected chi connectivity index (χ3v) is 2.30. The van der Waals surface area contributed by atoms with Gasteiger partial charge in [0.1, 0.15) is 0 Å². The van der Waals surface area contributed by atoms with E-state index >= 15 is 0 Å². The molecule has 0 amide bonds. The highest BCUT2D eigenvalue weighted by molar-refractivity contribution is 8.02. The van der Waals surface area contributed by atoms with E-state index in [9.17, 15) is 0 Å². The van der Waals surface area contributed by atoms with Crippen molar-refractivity contribution in [3.8, 4) is 0 Å². The number of hydrogen-bond acceptors (Lipinski definition) is 2. The van der Waals surface area contributed by atoms with Crippen LogP contribution in [0.3, 0.4) is 0 Å². The Balaban J connectivity index is 0. The van der Waals surface area contributed by atoms with Crippen LogP contribution in [0.2, 0.25) is 0 Å². The van der Waals surface area contributed by atoms with Crippen molar-refractivity contribution in [3.05, 3.63) is 23.3 Å². The van der Waals surface area contributed by atoms with Crippen LogP contribution in [0.15, 0.2) is 28.2 Å². The van der Waals surface area contributed by atoms with Crippen LogP contribution in [0.25, 0.3) is 0 Å². The molecule has 0 bridgehead atoms. The highest BCUT2D eigenvalue weighted by atomic mass is 32.2. The van der Waals surface area contributed by atoms with Gasteiger partial charge in [-0.15, -0.1) is 11.8 Å². The molecule has 0 aromatic heterocycles. The van der Waals surface area contributed by atoms with E-state index in [0.717, 1.165) is 5.03 Å². The number of thioether (sulfide) groups is 1. The van der Waals surface area contributed by atoms with Crippen LogP contribution in [0.1, 0.15) is 34.6 Å². The predicted molar refractivity (Wildman–Crippen MR) is 71.1 cm³/mol. The zero-order valence-corrected chi connectivity index (χ0v) is 11.1. The molecule has 1 atom stereocenters. The number of aliphatic imine (C=N–C) groups is 1. The summed E-state index contributed by atoms with van der Waals surface area (Å²) in [4.78, 5) is 4.22. The van der Waals surface area contributed by atoms with Gasteiger partial charge in [0, 0.05) is 6.21 Å². The van der Waals surface area contributed by atoms with Crippen molar-refractivity contribution in [2.24, 2.45) is 10.9 Å². The van der Waals surface area contributed by atoms with Crippen molar-refractivity contribution in [3.63, 3.8) is 0 Å². The topological polar surface area (TPSA) is 12.4 Å². The van der Waals surface area contributed by atoms with E-state index in [1.807, 2.05) is 40.2 Å². The lowest BCUT2D eigenvalue weighted by Crippen LogP contribution is -1.90.